The summed E-state index contributed by atoms with van der Waals surface area (Å²) in [5.41, 5.74) is -7.17. The quantitative estimate of drug-likeness (QED) is 0.522. The number of hydrogen-bond donors (Lipinski definition) is 2. The monoisotopic (exact) mass is 530 g/mol. The number of carbonyl (C=O) groups excluding carboxylic acids is 3. The average Bonchev–Trinajstić information content (AvgIpc) is 2.99. The van der Waals surface area contributed by atoms with Crippen LogP contribution in [0.25, 0.3) is 0 Å². The van der Waals surface area contributed by atoms with Crippen LogP contribution in [-0.2, 0) is 19.1 Å². The Morgan fingerprint density at radius 1 is 1.28 bits per heavy atom. The molecule has 0 spiro atoms. The highest BCUT2D eigenvalue weighted by Crippen LogP contribution is 2.72. The average molecular weight is 531 g/mol. The van der Waals surface area contributed by atoms with E-state index in [1.165, 1.54) is 26.0 Å². The van der Waals surface area contributed by atoms with Crippen molar-refractivity contribution in [2.24, 2.45) is 28.6 Å². The van der Waals surface area contributed by atoms with Gasteiger partial charge in [-0.25, -0.2) is 13.2 Å². The second-order valence-electron chi connectivity index (χ2n) is 11.3. The number of aliphatic hydroxyl groups is 2. The number of halogens is 3. The Morgan fingerprint density at radius 2 is 1.94 bits per heavy atom. The maximum atomic E-state index is 17.3. The van der Waals surface area contributed by atoms with Crippen LogP contribution < -0.4 is 0 Å². The van der Waals surface area contributed by atoms with E-state index >= 15 is 8.78 Å². The molecule has 0 unspecified atom stereocenters. The number of esters is 1. The second kappa shape index (κ2) is 8.98. The van der Waals surface area contributed by atoms with Gasteiger partial charge in [0.15, 0.2) is 17.1 Å². The Kier molecular flexibility index (Phi) is 6.83. The van der Waals surface area contributed by atoms with Gasteiger partial charge in [-0.2, -0.15) is 0 Å². The molecular formula is C26H33F3O6S. The Labute approximate surface area is 212 Å². The third kappa shape index (κ3) is 3.50. The Hall–Kier alpha value is -1.65. The van der Waals surface area contributed by atoms with Crippen molar-refractivity contribution in [3.8, 4) is 0 Å². The predicted molar refractivity (Wildman–Crippen MR) is 127 cm³/mol. The van der Waals surface area contributed by atoms with E-state index in [9.17, 15) is 29.0 Å². The first-order chi connectivity index (χ1) is 16.7. The molecule has 0 saturated heterocycles. The van der Waals surface area contributed by atoms with Crippen molar-refractivity contribution in [3.63, 3.8) is 0 Å². The molecule has 0 heterocycles. The molecule has 0 aromatic carbocycles. The van der Waals surface area contributed by atoms with E-state index in [1.807, 2.05) is 0 Å². The highest BCUT2D eigenvalue weighted by molar-refractivity contribution is 8.13. The normalized spacial score (nSPS) is 46.3. The Balaban J connectivity index is 1.84. The molecule has 3 saturated carbocycles. The van der Waals surface area contributed by atoms with Crippen LogP contribution in [-0.4, -0.2) is 62.7 Å². The molecule has 0 amide bonds. The van der Waals surface area contributed by atoms with Gasteiger partial charge in [-0.1, -0.05) is 19.9 Å². The summed E-state index contributed by atoms with van der Waals surface area (Å²) in [6.07, 6.45) is -1.60. The minimum Gasteiger partial charge on any atom is -0.449 e. The zero-order chi connectivity index (χ0) is 26.8. The summed E-state index contributed by atoms with van der Waals surface area (Å²) < 4.78 is 52.1. The first kappa shape index (κ1) is 27.4. The number of rotatable bonds is 5. The lowest BCUT2D eigenvalue weighted by atomic mass is 9.44. The molecule has 0 aromatic rings. The topological polar surface area (TPSA) is 101 Å². The smallest absolute Gasteiger partial charge is 0.309 e. The zero-order valence-electron chi connectivity index (χ0n) is 20.8. The number of ketones is 1. The number of thioether (sulfide) groups is 1. The Morgan fingerprint density at radius 3 is 2.56 bits per heavy atom. The van der Waals surface area contributed by atoms with Crippen molar-refractivity contribution in [2.45, 2.75) is 83.0 Å². The summed E-state index contributed by atoms with van der Waals surface area (Å²) >= 11 is 0.342. The maximum absolute atomic E-state index is 17.3. The summed E-state index contributed by atoms with van der Waals surface area (Å²) in [4.78, 5) is 38.2. The molecule has 3 fully saturated rings. The lowest BCUT2D eigenvalue weighted by molar-refractivity contribution is -0.229. The number of aliphatic hydroxyl groups excluding tert-OH is 2. The molecular weight excluding hydrogens is 497 g/mol. The van der Waals surface area contributed by atoms with E-state index in [0.29, 0.717) is 11.8 Å². The van der Waals surface area contributed by atoms with Gasteiger partial charge < -0.3 is 14.9 Å². The molecule has 0 aromatic heterocycles. The van der Waals surface area contributed by atoms with E-state index in [4.69, 9.17) is 4.74 Å². The van der Waals surface area contributed by atoms with Crippen molar-refractivity contribution in [3.05, 3.63) is 23.8 Å². The van der Waals surface area contributed by atoms with Crippen LogP contribution in [0.15, 0.2) is 23.8 Å². The minimum absolute atomic E-state index is 0.0128. The van der Waals surface area contributed by atoms with Gasteiger partial charge in [0.05, 0.1) is 18.6 Å². The highest BCUT2D eigenvalue weighted by Gasteiger charge is 2.78. The maximum Gasteiger partial charge on any atom is 0.309 e. The van der Waals surface area contributed by atoms with E-state index in [-0.39, 0.29) is 24.8 Å². The molecule has 36 heavy (non-hydrogen) atoms. The predicted octanol–water partition coefficient (Wildman–Crippen LogP) is 3.79. The largest absolute Gasteiger partial charge is 0.449 e. The Bertz CT molecular complexity index is 1030. The number of fused-ring (bicyclic) bond motifs is 5. The first-order valence-corrected chi connectivity index (χ1v) is 13.3. The third-order valence-corrected chi connectivity index (χ3v) is 10.1. The molecule has 10 atom stereocenters. The van der Waals surface area contributed by atoms with Gasteiger partial charge in [-0.05, 0) is 68.5 Å². The van der Waals surface area contributed by atoms with E-state index < -0.39 is 87.5 Å². The molecule has 200 valence electrons. The van der Waals surface area contributed by atoms with Crippen molar-refractivity contribution in [1.82, 2.24) is 0 Å². The first-order valence-electron chi connectivity index (χ1n) is 12.3. The van der Waals surface area contributed by atoms with Gasteiger partial charge in [0.1, 0.15) is 12.2 Å². The molecule has 0 aliphatic heterocycles. The molecule has 0 bridgehead atoms. The van der Waals surface area contributed by atoms with Gasteiger partial charge in [0, 0.05) is 22.7 Å². The zero-order valence-corrected chi connectivity index (χ0v) is 21.6. The van der Waals surface area contributed by atoms with Gasteiger partial charge in [0.2, 0.25) is 5.12 Å². The highest BCUT2D eigenvalue weighted by atomic mass is 32.2. The number of allylic oxidation sites excluding steroid dienone is 4. The van der Waals surface area contributed by atoms with Gasteiger partial charge >= 0.3 is 5.97 Å². The lowest BCUT2D eigenvalue weighted by Crippen LogP contribution is -2.70. The fourth-order valence-corrected chi connectivity index (χ4v) is 8.63. The fraction of sp³-hybridized carbons (Fsp3) is 0.731. The van der Waals surface area contributed by atoms with Crippen LogP contribution in [0.4, 0.5) is 13.2 Å². The van der Waals surface area contributed by atoms with E-state index in [1.54, 1.807) is 13.8 Å². The van der Waals surface area contributed by atoms with E-state index in [0.717, 1.165) is 6.08 Å². The SMILES string of the molecule is C[C@@H]1C[C@H]2[C@@H]3C[C@H](F)C4=CC(=O)C=C[C@]4(C)[C@@]3(F)[C@@H](O)C[C@]2(C)[C@@]1(OC(=O)C[C@@H](C)O)C(=O)SCF. The van der Waals surface area contributed by atoms with Crippen molar-refractivity contribution in [1.29, 1.82) is 0 Å². The lowest BCUT2D eigenvalue weighted by Gasteiger charge is -2.63. The van der Waals surface area contributed by atoms with E-state index in [2.05, 4.69) is 0 Å². The summed E-state index contributed by atoms with van der Waals surface area (Å²) in [6, 6.07) is -1.07. The third-order valence-electron chi connectivity index (χ3n) is 9.39. The molecule has 4 rings (SSSR count). The molecule has 4 aliphatic carbocycles. The fourth-order valence-electron chi connectivity index (χ4n) is 7.84. The minimum atomic E-state index is -2.35. The summed E-state index contributed by atoms with van der Waals surface area (Å²) in [5.74, 6) is -3.75. The standard InChI is InChI=1S/C26H33F3O6S/c1-13-7-16-17-10-19(28)18-9-15(31)5-6-23(18,3)25(17,29)20(32)11-24(16,4)26(13,22(34)36-12-27)35-21(33)8-14(2)30/h5-6,9,13-14,16-17,19-20,30,32H,7-8,10-12H2,1-4H3/t13-,14-,16+,17+,19+,20+,23+,24+,25+,26+/m1/s1. The van der Waals surface area contributed by atoms with Crippen LogP contribution in [0.5, 0.6) is 0 Å². The molecule has 6 nitrogen and oxygen atoms in total. The molecule has 10 heteroatoms. The van der Waals surface area contributed by atoms with Gasteiger partial charge in [-0.3, -0.25) is 14.4 Å². The summed E-state index contributed by atoms with van der Waals surface area (Å²) in [7, 11) is 0. The summed E-state index contributed by atoms with van der Waals surface area (Å²) in [5, 5.41) is 20.4. The summed E-state index contributed by atoms with van der Waals surface area (Å²) in [6.45, 7) is 6.14. The van der Waals surface area contributed by atoms with Gasteiger partial charge in [0.25, 0.3) is 0 Å². The van der Waals surface area contributed by atoms with Crippen LogP contribution in [0.2, 0.25) is 0 Å². The second-order valence-corrected chi connectivity index (χ2v) is 12.2. The van der Waals surface area contributed by atoms with Crippen molar-refractivity contribution < 1.29 is 42.5 Å². The molecule has 0 radical (unpaired) electrons. The van der Waals surface area contributed by atoms with Gasteiger partial charge in [-0.15, -0.1) is 0 Å². The number of hydrogen-bond acceptors (Lipinski definition) is 7. The molecule has 4 aliphatic rings. The molecule has 2 N–H and O–H groups in total. The number of alkyl halides is 3. The van der Waals surface area contributed by atoms with Crippen LogP contribution in [0.3, 0.4) is 0 Å². The van der Waals surface area contributed by atoms with Crippen LogP contribution in [0, 0.1) is 28.6 Å². The number of carbonyl (C=O) groups is 3. The van der Waals surface area contributed by atoms with Crippen LogP contribution in [0.1, 0.15) is 53.4 Å². The number of ether oxygens (including phenoxy) is 1. The van der Waals surface area contributed by atoms with Crippen molar-refractivity contribution in [2.75, 3.05) is 6.01 Å². The van der Waals surface area contributed by atoms with Crippen LogP contribution >= 0.6 is 11.8 Å². The van der Waals surface area contributed by atoms with Crippen molar-refractivity contribution >= 4 is 28.6 Å².